The van der Waals surface area contributed by atoms with Gasteiger partial charge >= 0.3 is 0 Å². The molecule has 0 amide bonds. The Morgan fingerprint density at radius 3 is 2.89 bits per heavy atom. The molecule has 1 aliphatic heterocycles. The van der Waals surface area contributed by atoms with Gasteiger partial charge in [0, 0.05) is 29.7 Å². The van der Waals surface area contributed by atoms with Gasteiger partial charge in [-0.25, -0.2) is 4.39 Å². The van der Waals surface area contributed by atoms with E-state index >= 15 is 0 Å². The van der Waals surface area contributed by atoms with E-state index in [1.807, 2.05) is 0 Å². The molecule has 0 spiro atoms. The van der Waals surface area contributed by atoms with E-state index in [2.05, 4.69) is 16.0 Å². The van der Waals surface area contributed by atoms with Gasteiger partial charge in [0.15, 0.2) is 0 Å². The van der Waals surface area contributed by atoms with E-state index in [-0.39, 0.29) is 5.82 Å². The number of halogens is 1. The molecule has 1 aromatic heterocycles. The van der Waals surface area contributed by atoms with Gasteiger partial charge in [-0.05, 0) is 43.7 Å². The number of hydrogen-bond donors (Lipinski definition) is 1. The molecule has 1 aliphatic rings. The Kier molecular flexibility index (Phi) is 3.80. The number of aromatic nitrogens is 1. The number of hydrogen-bond acceptors (Lipinski definition) is 2. The maximum Gasteiger partial charge on any atom is 0.123 e. The quantitative estimate of drug-likeness (QED) is 0.917. The largest absolute Gasteiger partial charge is 0.379 e. The average molecular weight is 262 g/mol. The van der Waals surface area contributed by atoms with Crippen LogP contribution in [-0.2, 0) is 11.2 Å². The highest BCUT2D eigenvalue weighted by Gasteiger charge is 2.09. The van der Waals surface area contributed by atoms with Crippen molar-refractivity contribution in [3.05, 3.63) is 35.8 Å². The van der Waals surface area contributed by atoms with Crippen LogP contribution < -0.4 is 0 Å². The van der Waals surface area contributed by atoms with Gasteiger partial charge in [-0.1, -0.05) is 0 Å². The summed E-state index contributed by atoms with van der Waals surface area (Å²) in [5.41, 5.74) is 2.21. The molecule has 3 nitrogen and oxygen atoms in total. The lowest BCUT2D eigenvalue weighted by atomic mass is 10.2. The van der Waals surface area contributed by atoms with E-state index in [9.17, 15) is 4.39 Å². The van der Waals surface area contributed by atoms with Gasteiger partial charge in [0.05, 0.1) is 13.2 Å². The number of aryl methyl sites for hydroxylation is 1. The number of benzene rings is 1. The molecule has 0 aliphatic carbocycles. The summed E-state index contributed by atoms with van der Waals surface area (Å²) in [6.07, 6.45) is 2.13. The summed E-state index contributed by atoms with van der Waals surface area (Å²) in [5, 5.41) is 0.960. The second-order valence-electron chi connectivity index (χ2n) is 5.08. The fraction of sp³-hybridized carbons (Fsp3) is 0.467. The van der Waals surface area contributed by atoms with Crippen molar-refractivity contribution in [1.29, 1.82) is 0 Å². The Hall–Kier alpha value is -1.39. The smallest absolute Gasteiger partial charge is 0.123 e. The van der Waals surface area contributed by atoms with E-state index in [0.29, 0.717) is 0 Å². The van der Waals surface area contributed by atoms with Crippen LogP contribution in [0.5, 0.6) is 0 Å². The van der Waals surface area contributed by atoms with Gasteiger partial charge in [-0.15, -0.1) is 0 Å². The lowest BCUT2D eigenvalue weighted by molar-refractivity contribution is 0.0374. The van der Waals surface area contributed by atoms with E-state index in [1.165, 1.54) is 11.8 Å². The Labute approximate surface area is 112 Å². The molecule has 1 fully saturated rings. The van der Waals surface area contributed by atoms with Crippen molar-refractivity contribution in [2.45, 2.75) is 12.8 Å². The topological polar surface area (TPSA) is 28.3 Å². The fourth-order valence-electron chi connectivity index (χ4n) is 2.62. The predicted octanol–water partition coefficient (Wildman–Crippen LogP) is 2.57. The van der Waals surface area contributed by atoms with Crippen LogP contribution in [0.15, 0.2) is 24.3 Å². The molecule has 4 heteroatoms. The van der Waals surface area contributed by atoms with Gasteiger partial charge in [0.2, 0.25) is 0 Å². The van der Waals surface area contributed by atoms with Gasteiger partial charge in [0.1, 0.15) is 5.82 Å². The van der Waals surface area contributed by atoms with Crippen molar-refractivity contribution in [3.63, 3.8) is 0 Å². The number of ether oxygens (including phenoxy) is 1. The standard InChI is InChI=1S/C15H19FN2O/c16-13-3-4-15-12(10-13)11-14(17-15)2-1-5-18-6-8-19-9-7-18/h3-4,10-11,17H,1-2,5-9H2. The molecule has 102 valence electrons. The molecular formula is C15H19FN2O. The highest BCUT2D eigenvalue weighted by Crippen LogP contribution is 2.17. The highest BCUT2D eigenvalue weighted by atomic mass is 19.1. The summed E-state index contributed by atoms with van der Waals surface area (Å²) in [5.74, 6) is -0.175. The van der Waals surface area contributed by atoms with Crippen LogP contribution in [-0.4, -0.2) is 42.7 Å². The Morgan fingerprint density at radius 1 is 1.21 bits per heavy atom. The molecule has 1 N–H and O–H groups in total. The Morgan fingerprint density at radius 2 is 2.05 bits per heavy atom. The van der Waals surface area contributed by atoms with E-state index in [0.717, 1.165) is 56.6 Å². The van der Waals surface area contributed by atoms with Gasteiger partial charge in [-0.3, -0.25) is 4.90 Å². The third-order valence-corrected chi connectivity index (χ3v) is 3.66. The third-order valence-electron chi connectivity index (χ3n) is 3.66. The molecule has 1 aromatic carbocycles. The van der Waals surface area contributed by atoms with Crippen molar-refractivity contribution in [2.75, 3.05) is 32.8 Å². The van der Waals surface area contributed by atoms with Gasteiger partial charge in [-0.2, -0.15) is 0 Å². The molecule has 19 heavy (non-hydrogen) atoms. The first-order valence-electron chi connectivity index (χ1n) is 6.88. The van der Waals surface area contributed by atoms with Crippen LogP contribution in [0.3, 0.4) is 0 Å². The zero-order valence-electron chi connectivity index (χ0n) is 11.0. The van der Waals surface area contributed by atoms with Crippen molar-refractivity contribution < 1.29 is 9.13 Å². The van der Waals surface area contributed by atoms with Crippen LogP contribution in [0.4, 0.5) is 4.39 Å². The molecular weight excluding hydrogens is 243 g/mol. The average Bonchev–Trinajstić information content (AvgIpc) is 2.82. The maximum absolute atomic E-state index is 13.1. The van der Waals surface area contributed by atoms with Crippen molar-refractivity contribution in [1.82, 2.24) is 9.88 Å². The highest BCUT2D eigenvalue weighted by molar-refractivity contribution is 5.80. The zero-order valence-corrected chi connectivity index (χ0v) is 11.0. The van der Waals surface area contributed by atoms with Crippen LogP contribution >= 0.6 is 0 Å². The summed E-state index contributed by atoms with van der Waals surface area (Å²) in [6, 6.07) is 6.93. The first kappa shape index (κ1) is 12.6. The van der Waals surface area contributed by atoms with Crippen LogP contribution in [0.25, 0.3) is 10.9 Å². The second-order valence-corrected chi connectivity index (χ2v) is 5.08. The predicted molar refractivity (Wildman–Crippen MR) is 73.8 cm³/mol. The van der Waals surface area contributed by atoms with Crippen LogP contribution in [0.2, 0.25) is 0 Å². The number of aromatic amines is 1. The summed E-state index contributed by atoms with van der Waals surface area (Å²) in [6.45, 7) is 4.89. The van der Waals surface area contributed by atoms with E-state index in [1.54, 1.807) is 12.1 Å². The lowest BCUT2D eigenvalue weighted by Crippen LogP contribution is -2.36. The third kappa shape index (κ3) is 3.14. The Balaban J connectivity index is 1.56. The lowest BCUT2D eigenvalue weighted by Gasteiger charge is -2.26. The van der Waals surface area contributed by atoms with Crippen LogP contribution in [0.1, 0.15) is 12.1 Å². The molecule has 0 radical (unpaired) electrons. The number of H-pyrrole nitrogens is 1. The molecule has 0 unspecified atom stereocenters. The second kappa shape index (κ2) is 5.72. The normalized spacial score (nSPS) is 17.1. The molecule has 2 aromatic rings. The molecule has 3 rings (SSSR count). The van der Waals surface area contributed by atoms with Crippen molar-refractivity contribution in [3.8, 4) is 0 Å². The molecule has 2 heterocycles. The number of rotatable bonds is 4. The number of fused-ring (bicyclic) bond motifs is 1. The van der Waals surface area contributed by atoms with E-state index < -0.39 is 0 Å². The summed E-state index contributed by atoms with van der Waals surface area (Å²) >= 11 is 0. The number of nitrogens with zero attached hydrogens (tertiary/aromatic N) is 1. The number of morpholine rings is 1. The minimum atomic E-state index is -0.175. The Bertz CT molecular complexity index is 546. The monoisotopic (exact) mass is 262 g/mol. The number of nitrogens with one attached hydrogen (secondary N) is 1. The summed E-state index contributed by atoms with van der Waals surface area (Å²) in [7, 11) is 0. The minimum absolute atomic E-state index is 0.175. The zero-order chi connectivity index (χ0) is 13.1. The molecule has 0 saturated carbocycles. The van der Waals surface area contributed by atoms with Gasteiger partial charge < -0.3 is 9.72 Å². The summed E-state index contributed by atoms with van der Waals surface area (Å²) < 4.78 is 18.4. The maximum atomic E-state index is 13.1. The van der Waals surface area contributed by atoms with Crippen molar-refractivity contribution in [2.24, 2.45) is 0 Å². The first-order valence-corrected chi connectivity index (χ1v) is 6.88. The SMILES string of the molecule is Fc1ccc2[nH]c(CCCN3CCOCC3)cc2c1. The minimum Gasteiger partial charge on any atom is -0.379 e. The van der Waals surface area contributed by atoms with Crippen LogP contribution in [0, 0.1) is 5.82 Å². The molecule has 0 atom stereocenters. The first-order chi connectivity index (χ1) is 9.31. The van der Waals surface area contributed by atoms with Crippen molar-refractivity contribution >= 4 is 10.9 Å². The molecule has 1 saturated heterocycles. The van der Waals surface area contributed by atoms with Gasteiger partial charge in [0.25, 0.3) is 0 Å². The fourth-order valence-corrected chi connectivity index (χ4v) is 2.62. The molecule has 0 bridgehead atoms. The summed E-state index contributed by atoms with van der Waals surface area (Å²) in [4.78, 5) is 5.79. The van der Waals surface area contributed by atoms with E-state index in [4.69, 9.17) is 4.74 Å².